The summed E-state index contributed by atoms with van der Waals surface area (Å²) in [4.78, 5) is 11.0. The Morgan fingerprint density at radius 2 is 2.08 bits per heavy atom. The van der Waals surface area contributed by atoms with E-state index in [-0.39, 0.29) is 23.7 Å². The first-order valence-electron chi connectivity index (χ1n) is 10.5. The fourth-order valence-corrected chi connectivity index (χ4v) is 6.15. The SMILES string of the molecule is O=S(=O)(CCl)N[C@H]1CC2=C(c3ccn(C(F)F)n3)[C@H](c3ccc(F)cc3Cl)N=C(c3nccs3)N2C1. The number of benzene rings is 1. The molecule has 0 bridgehead atoms. The summed E-state index contributed by atoms with van der Waals surface area (Å²) >= 11 is 13.3. The Morgan fingerprint density at radius 1 is 1.28 bits per heavy atom. The molecular weight excluding hydrogens is 560 g/mol. The predicted molar refractivity (Wildman–Crippen MR) is 131 cm³/mol. The molecule has 1 fully saturated rings. The predicted octanol–water partition coefficient (Wildman–Crippen LogP) is 4.63. The van der Waals surface area contributed by atoms with Crippen LogP contribution in [0.2, 0.25) is 5.02 Å². The minimum atomic E-state index is -3.75. The maximum absolute atomic E-state index is 13.9. The van der Waals surface area contributed by atoms with Crippen LogP contribution in [0.1, 0.15) is 35.3 Å². The van der Waals surface area contributed by atoms with Gasteiger partial charge in [0.15, 0.2) is 10.8 Å². The van der Waals surface area contributed by atoms with Gasteiger partial charge in [-0.15, -0.1) is 22.9 Å². The van der Waals surface area contributed by atoms with Gasteiger partial charge in [0, 0.05) is 58.6 Å². The van der Waals surface area contributed by atoms with Gasteiger partial charge in [0.1, 0.15) is 17.1 Å². The number of hydrogen-bond acceptors (Lipinski definition) is 7. The Kier molecular flexibility index (Phi) is 6.85. The number of sulfonamides is 1. The van der Waals surface area contributed by atoms with E-state index >= 15 is 0 Å². The van der Waals surface area contributed by atoms with Crippen molar-refractivity contribution in [3.63, 3.8) is 0 Å². The standard InChI is InChI=1S/C21H17Cl2F3N6O2S2/c22-10-36(33,34)30-12-8-16-17(15-3-5-32(29-15)21(25)26)18(13-2-1-11(24)7-14(13)23)28-19(31(16)9-12)20-27-4-6-35-20/h1-7,12,18,21,30H,8-10H2/t12-,18-/m0/s1. The van der Waals surface area contributed by atoms with Crippen LogP contribution < -0.4 is 4.72 Å². The van der Waals surface area contributed by atoms with Crippen LogP contribution in [0.4, 0.5) is 13.2 Å². The molecule has 0 amide bonds. The normalized spacial score (nSPS) is 20.3. The Hall–Kier alpha value is -2.45. The molecule has 36 heavy (non-hydrogen) atoms. The Balaban J connectivity index is 1.71. The third-order valence-corrected chi connectivity index (χ3v) is 8.65. The van der Waals surface area contributed by atoms with E-state index in [2.05, 4.69) is 14.8 Å². The van der Waals surface area contributed by atoms with Gasteiger partial charge in [-0.2, -0.15) is 13.9 Å². The summed E-state index contributed by atoms with van der Waals surface area (Å²) in [6, 6.07) is 3.87. The van der Waals surface area contributed by atoms with Crippen LogP contribution in [-0.4, -0.2) is 51.7 Å². The van der Waals surface area contributed by atoms with Gasteiger partial charge in [-0.25, -0.2) is 27.2 Å². The molecule has 5 rings (SSSR count). The third kappa shape index (κ3) is 4.77. The minimum Gasteiger partial charge on any atom is -0.326 e. The van der Waals surface area contributed by atoms with Crippen molar-refractivity contribution >= 4 is 56.0 Å². The van der Waals surface area contributed by atoms with Gasteiger partial charge in [-0.1, -0.05) is 17.7 Å². The second-order valence-corrected chi connectivity index (χ2v) is 11.7. The van der Waals surface area contributed by atoms with Gasteiger partial charge in [0.25, 0.3) is 0 Å². The molecule has 0 radical (unpaired) electrons. The molecule has 0 saturated carbocycles. The molecule has 190 valence electrons. The lowest BCUT2D eigenvalue weighted by atomic mass is 9.92. The van der Waals surface area contributed by atoms with E-state index in [0.717, 1.165) is 12.3 Å². The average Bonchev–Trinajstić information content (AvgIpc) is 3.58. The summed E-state index contributed by atoms with van der Waals surface area (Å²) in [7, 11) is -3.75. The van der Waals surface area contributed by atoms with E-state index in [1.54, 1.807) is 16.5 Å². The van der Waals surface area contributed by atoms with Gasteiger partial charge in [-0.3, -0.25) is 4.99 Å². The van der Waals surface area contributed by atoms with Crippen LogP contribution in [0, 0.1) is 5.82 Å². The van der Waals surface area contributed by atoms with Crippen molar-refractivity contribution < 1.29 is 21.6 Å². The molecule has 0 unspecified atom stereocenters. The van der Waals surface area contributed by atoms with Crippen molar-refractivity contribution in [2.75, 3.05) is 11.8 Å². The maximum Gasteiger partial charge on any atom is 0.333 e. The summed E-state index contributed by atoms with van der Waals surface area (Å²) in [5.41, 5.74) is 1.72. The highest BCUT2D eigenvalue weighted by Gasteiger charge is 2.41. The number of nitrogens with zero attached hydrogens (tertiary/aromatic N) is 5. The zero-order chi connectivity index (χ0) is 25.6. The number of aliphatic imine (C=N–C) groups is 1. The number of rotatable bonds is 7. The van der Waals surface area contributed by atoms with E-state index < -0.39 is 39.7 Å². The Labute approximate surface area is 218 Å². The molecule has 0 spiro atoms. The van der Waals surface area contributed by atoms with Crippen molar-refractivity contribution in [2.45, 2.75) is 25.1 Å². The number of alkyl halides is 3. The average molecular weight is 577 g/mol. The topological polar surface area (TPSA) is 92.5 Å². The molecule has 0 aliphatic carbocycles. The monoisotopic (exact) mass is 576 g/mol. The molecule has 1 saturated heterocycles. The van der Waals surface area contributed by atoms with Crippen molar-refractivity contribution in [2.24, 2.45) is 4.99 Å². The number of amidine groups is 1. The van der Waals surface area contributed by atoms with Gasteiger partial charge >= 0.3 is 6.55 Å². The fourth-order valence-electron chi connectivity index (χ4n) is 4.32. The van der Waals surface area contributed by atoms with E-state index in [9.17, 15) is 21.6 Å². The summed E-state index contributed by atoms with van der Waals surface area (Å²) < 4.78 is 68.1. The quantitative estimate of drug-likeness (QED) is 0.414. The smallest absolute Gasteiger partial charge is 0.326 e. The van der Waals surface area contributed by atoms with E-state index in [4.69, 9.17) is 28.2 Å². The Morgan fingerprint density at radius 3 is 2.72 bits per heavy atom. The lowest BCUT2D eigenvalue weighted by molar-refractivity contribution is 0.0564. The van der Waals surface area contributed by atoms with Crippen LogP contribution in [0.3, 0.4) is 0 Å². The van der Waals surface area contributed by atoms with Gasteiger partial charge < -0.3 is 4.90 Å². The van der Waals surface area contributed by atoms with Gasteiger partial charge in [0.05, 0.1) is 5.69 Å². The zero-order valence-corrected chi connectivity index (χ0v) is 21.3. The first-order valence-corrected chi connectivity index (χ1v) is 13.9. The van der Waals surface area contributed by atoms with E-state index in [1.807, 2.05) is 0 Å². The number of halogens is 5. The highest BCUT2D eigenvalue weighted by atomic mass is 35.5. The fraction of sp³-hybridized carbons (Fsp3) is 0.286. The lowest BCUT2D eigenvalue weighted by Gasteiger charge is -2.32. The number of thiazole rings is 1. The van der Waals surface area contributed by atoms with Crippen LogP contribution in [0.25, 0.3) is 5.57 Å². The molecule has 2 aliphatic rings. The van der Waals surface area contributed by atoms with Gasteiger partial charge in [-0.05, 0) is 18.2 Å². The second-order valence-electron chi connectivity index (χ2n) is 8.03. The molecule has 4 heterocycles. The molecular formula is C21H17Cl2F3N6O2S2. The van der Waals surface area contributed by atoms with Crippen molar-refractivity contribution in [3.8, 4) is 0 Å². The molecule has 8 nitrogen and oxygen atoms in total. The molecule has 1 aromatic carbocycles. The molecule has 15 heteroatoms. The first kappa shape index (κ1) is 25.2. The van der Waals surface area contributed by atoms with E-state index in [0.29, 0.717) is 32.4 Å². The number of hydrogen-bond donors (Lipinski definition) is 1. The first-order chi connectivity index (χ1) is 17.2. The zero-order valence-electron chi connectivity index (χ0n) is 18.2. The van der Waals surface area contributed by atoms with Crippen molar-refractivity contribution in [3.05, 3.63) is 74.8 Å². The van der Waals surface area contributed by atoms with Gasteiger partial charge in [0.2, 0.25) is 10.0 Å². The summed E-state index contributed by atoms with van der Waals surface area (Å²) in [6.07, 6.45) is 2.95. The highest BCUT2D eigenvalue weighted by Crippen LogP contribution is 2.46. The summed E-state index contributed by atoms with van der Waals surface area (Å²) in [5.74, 6) is -0.0899. The number of fused-ring (bicyclic) bond motifs is 1. The number of aromatic nitrogens is 3. The highest BCUT2D eigenvalue weighted by molar-refractivity contribution is 7.90. The second kappa shape index (κ2) is 9.78. The van der Waals surface area contributed by atoms with Crippen molar-refractivity contribution in [1.29, 1.82) is 0 Å². The summed E-state index contributed by atoms with van der Waals surface area (Å²) in [5, 5.41) is 5.86. The molecule has 2 atom stereocenters. The molecule has 2 aromatic heterocycles. The summed E-state index contributed by atoms with van der Waals surface area (Å²) in [6.45, 7) is -2.66. The molecule has 2 aliphatic heterocycles. The van der Waals surface area contributed by atoms with E-state index in [1.165, 1.54) is 29.5 Å². The number of nitrogens with one attached hydrogen (secondary N) is 1. The minimum absolute atomic E-state index is 0.0967. The molecule has 3 aromatic rings. The maximum atomic E-state index is 13.9. The molecule has 1 N–H and O–H groups in total. The van der Waals surface area contributed by atoms with Crippen LogP contribution >= 0.6 is 34.5 Å². The Bertz CT molecular complexity index is 1460. The van der Waals surface area contributed by atoms with Crippen LogP contribution in [0.5, 0.6) is 0 Å². The van der Waals surface area contributed by atoms with Crippen molar-refractivity contribution in [1.82, 2.24) is 24.4 Å². The largest absolute Gasteiger partial charge is 0.333 e. The third-order valence-electron chi connectivity index (χ3n) is 5.71. The van der Waals surface area contributed by atoms with Crippen LogP contribution in [0.15, 0.2) is 52.7 Å². The lowest BCUT2D eigenvalue weighted by Crippen LogP contribution is -2.39. The van der Waals surface area contributed by atoms with Crippen LogP contribution in [-0.2, 0) is 10.0 Å².